The third-order valence-corrected chi connectivity index (χ3v) is 5.21. The summed E-state index contributed by atoms with van der Waals surface area (Å²) in [6.07, 6.45) is 0.101. The van der Waals surface area contributed by atoms with Crippen LogP contribution in [-0.2, 0) is 11.3 Å². The van der Waals surface area contributed by atoms with Gasteiger partial charge in [0.25, 0.3) is 0 Å². The van der Waals surface area contributed by atoms with Crippen LogP contribution in [0.25, 0.3) is 0 Å². The van der Waals surface area contributed by atoms with Gasteiger partial charge in [0.15, 0.2) is 0 Å². The highest BCUT2D eigenvalue weighted by atomic mass is 19.1. The second kappa shape index (κ2) is 8.86. The molecule has 1 aliphatic rings. The molecule has 3 aromatic carbocycles. The van der Waals surface area contributed by atoms with Crippen LogP contribution < -0.4 is 15.4 Å². The van der Waals surface area contributed by atoms with E-state index in [4.69, 9.17) is 9.47 Å². The molecule has 0 bridgehead atoms. The number of fused-ring (bicyclic) bond motifs is 1. The van der Waals surface area contributed by atoms with E-state index in [2.05, 4.69) is 10.6 Å². The van der Waals surface area contributed by atoms with Gasteiger partial charge >= 0.3 is 6.09 Å². The maximum Gasteiger partial charge on any atom is 0.407 e. The number of hydrogen-bond donors (Lipinski definition) is 2. The number of nitrogens with one attached hydrogen (secondary N) is 2. The van der Waals surface area contributed by atoms with Crippen LogP contribution in [0.3, 0.4) is 0 Å². The first-order chi connectivity index (χ1) is 14.6. The number of benzene rings is 3. The monoisotopic (exact) mass is 406 g/mol. The molecule has 2 atom stereocenters. The summed E-state index contributed by atoms with van der Waals surface area (Å²) < 4.78 is 24.1. The average molecular weight is 406 g/mol. The van der Waals surface area contributed by atoms with Crippen LogP contribution in [0.4, 0.5) is 14.9 Å². The Bertz CT molecular complexity index is 1010. The van der Waals surface area contributed by atoms with E-state index >= 15 is 0 Å². The summed E-state index contributed by atoms with van der Waals surface area (Å²) in [5.41, 5.74) is 3.68. The van der Waals surface area contributed by atoms with E-state index in [1.54, 1.807) is 19.2 Å². The van der Waals surface area contributed by atoms with Crippen molar-refractivity contribution in [3.8, 4) is 5.75 Å². The Morgan fingerprint density at radius 1 is 1.10 bits per heavy atom. The Balaban J connectivity index is 1.53. The van der Waals surface area contributed by atoms with Crippen molar-refractivity contribution in [2.75, 3.05) is 12.4 Å². The molecule has 0 aliphatic carbocycles. The molecule has 0 saturated carbocycles. The number of amides is 1. The summed E-state index contributed by atoms with van der Waals surface area (Å²) in [6, 6.07) is 21.3. The van der Waals surface area contributed by atoms with Crippen molar-refractivity contribution in [3.05, 3.63) is 95.3 Å². The second-order valence-electron chi connectivity index (χ2n) is 7.20. The molecule has 0 fully saturated rings. The van der Waals surface area contributed by atoms with E-state index in [9.17, 15) is 9.18 Å². The summed E-state index contributed by atoms with van der Waals surface area (Å²) >= 11 is 0. The zero-order valence-electron chi connectivity index (χ0n) is 16.6. The Labute approximate surface area is 174 Å². The van der Waals surface area contributed by atoms with Crippen LogP contribution >= 0.6 is 0 Å². The molecule has 5 nitrogen and oxygen atoms in total. The van der Waals surface area contributed by atoms with Crippen molar-refractivity contribution in [1.82, 2.24) is 5.32 Å². The maximum atomic E-state index is 13.3. The Morgan fingerprint density at radius 2 is 1.87 bits per heavy atom. The third-order valence-electron chi connectivity index (χ3n) is 5.21. The molecule has 4 rings (SSSR count). The highest BCUT2D eigenvalue weighted by molar-refractivity contribution is 5.70. The molecule has 154 valence electrons. The molecule has 1 amide bonds. The lowest BCUT2D eigenvalue weighted by Crippen LogP contribution is -2.34. The minimum atomic E-state index is -0.489. The summed E-state index contributed by atoms with van der Waals surface area (Å²) in [4.78, 5) is 12.5. The van der Waals surface area contributed by atoms with Gasteiger partial charge < -0.3 is 20.1 Å². The van der Waals surface area contributed by atoms with Gasteiger partial charge in [-0.1, -0.05) is 42.5 Å². The zero-order valence-corrected chi connectivity index (χ0v) is 16.6. The minimum Gasteiger partial charge on any atom is -0.497 e. The number of carbonyl (C=O) groups excluding carboxylic acids is 1. The predicted octanol–water partition coefficient (Wildman–Crippen LogP) is 5.36. The maximum absolute atomic E-state index is 13.3. The number of hydrogen-bond acceptors (Lipinski definition) is 4. The smallest absolute Gasteiger partial charge is 0.407 e. The Hall–Kier alpha value is -3.54. The second-order valence-corrected chi connectivity index (χ2v) is 7.20. The van der Waals surface area contributed by atoms with Gasteiger partial charge in [-0.3, -0.25) is 0 Å². The van der Waals surface area contributed by atoms with Gasteiger partial charge in [-0.05, 0) is 47.9 Å². The van der Waals surface area contributed by atoms with E-state index in [0.717, 1.165) is 22.4 Å². The highest BCUT2D eigenvalue weighted by Gasteiger charge is 2.29. The zero-order chi connectivity index (χ0) is 20.9. The first-order valence-electron chi connectivity index (χ1n) is 9.79. The fourth-order valence-electron chi connectivity index (χ4n) is 3.66. The van der Waals surface area contributed by atoms with Gasteiger partial charge in [-0.15, -0.1) is 0 Å². The van der Waals surface area contributed by atoms with Crippen molar-refractivity contribution in [2.45, 2.75) is 25.1 Å². The van der Waals surface area contributed by atoms with Gasteiger partial charge in [-0.25, -0.2) is 9.18 Å². The topological polar surface area (TPSA) is 59.6 Å². The largest absolute Gasteiger partial charge is 0.497 e. The molecule has 1 aliphatic heterocycles. The first-order valence-corrected chi connectivity index (χ1v) is 9.79. The predicted molar refractivity (Wildman–Crippen MR) is 113 cm³/mol. The number of ether oxygens (including phenoxy) is 2. The molecular formula is C24H23FN2O3. The Kier molecular flexibility index (Phi) is 5.84. The van der Waals surface area contributed by atoms with E-state index in [1.807, 2.05) is 48.5 Å². The normalized spacial score (nSPS) is 17.4. The molecule has 0 aromatic heterocycles. The summed E-state index contributed by atoms with van der Waals surface area (Å²) in [5.74, 6) is 0.430. The van der Waals surface area contributed by atoms with Crippen LogP contribution in [0.2, 0.25) is 0 Å². The average Bonchev–Trinajstić information content (AvgIpc) is 2.78. The minimum absolute atomic E-state index is 0.0779. The summed E-state index contributed by atoms with van der Waals surface area (Å²) in [6.45, 7) is 0.198. The molecule has 0 radical (unpaired) electrons. The van der Waals surface area contributed by atoms with Crippen molar-refractivity contribution in [1.29, 1.82) is 0 Å². The highest BCUT2D eigenvalue weighted by Crippen LogP contribution is 2.40. The number of carbonyl (C=O) groups is 1. The molecule has 2 N–H and O–H groups in total. The SMILES string of the molecule is COc1ccc2c(c1)[C@@H](NC(=O)OCc1ccccc1)C[C@@H](c1ccc(F)cc1)N2. The summed E-state index contributed by atoms with van der Waals surface area (Å²) in [7, 11) is 1.61. The number of halogens is 1. The molecule has 0 saturated heterocycles. The van der Waals surface area contributed by atoms with Crippen LogP contribution in [-0.4, -0.2) is 13.2 Å². The molecule has 0 unspecified atom stereocenters. The van der Waals surface area contributed by atoms with E-state index in [1.165, 1.54) is 12.1 Å². The van der Waals surface area contributed by atoms with Crippen LogP contribution in [0.5, 0.6) is 5.75 Å². The molecule has 6 heteroatoms. The number of alkyl carbamates (subject to hydrolysis) is 1. The third kappa shape index (κ3) is 4.54. The van der Waals surface area contributed by atoms with Crippen molar-refractivity contribution in [2.24, 2.45) is 0 Å². The molecule has 30 heavy (non-hydrogen) atoms. The fourth-order valence-corrected chi connectivity index (χ4v) is 3.66. The van der Waals surface area contributed by atoms with Gasteiger partial charge in [-0.2, -0.15) is 0 Å². The standard InChI is InChI=1S/C24H23FN2O3/c1-29-19-11-12-21-20(13-19)23(14-22(26-21)17-7-9-18(25)10-8-17)27-24(28)30-15-16-5-3-2-4-6-16/h2-13,22-23,26H,14-15H2,1H3,(H,27,28)/t22-,23-/m0/s1. The van der Waals surface area contributed by atoms with Crippen LogP contribution in [0.15, 0.2) is 72.8 Å². The number of methoxy groups -OCH3 is 1. The molecular weight excluding hydrogens is 383 g/mol. The van der Waals surface area contributed by atoms with Gasteiger partial charge in [0.1, 0.15) is 18.2 Å². The first kappa shape index (κ1) is 19.8. The number of rotatable bonds is 5. The lowest BCUT2D eigenvalue weighted by atomic mass is 9.89. The van der Waals surface area contributed by atoms with Crippen molar-refractivity contribution in [3.63, 3.8) is 0 Å². The quantitative estimate of drug-likeness (QED) is 0.599. The van der Waals surface area contributed by atoms with Crippen LogP contribution in [0, 0.1) is 5.82 Å². The van der Waals surface area contributed by atoms with Crippen molar-refractivity contribution >= 4 is 11.8 Å². The molecule has 3 aromatic rings. The van der Waals surface area contributed by atoms with Crippen LogP contribution in [0.1, 0.15) is 35.2 Å². The fraction of sp³-hybridized carbons (Fsp3) is 0.208. The van der Waals surface area contributed by atoms with Gasteiger partial charge in [0.05, 0.1) is 19.2 Å². The lowest BCUT2D eigenvalue weighted by molar-refractivity contribution is 0.134. The van der Waals surface area contributed by atoms with Gasteiger partial charge in [0, 0.05) is 11.3 Å². The number of anilines is 1. The molecule has 1 heterocycles. The lowest BCUT2D eigenvalue weighted by Gasteiger charge is -2.34. The van der Waals surface area contributed by atoms with Gasteiger partial charge in [0.2, 0.25) is 0 Å². The van der Waals surface area contributed by atoms with E-state index in [-0.39, 0.29) is 24.5 Å². The molecule has 0 spiro atoms. The van der Waals surface area contributed by atoms with E-state index < -0.39 is 6.09 Å². The van der Waals surface area contributed by atoms with Crippen molar-refractivity contribution < 1.29 is 18.7 Å². The summed E-state index contributed by atoms with van der Waals surface area (Å²) in [5, 5.41) is 6.45. The van der Waals surface area contributed by atoms with E-state index in [0.29, 0.717) is 12.2 Å². The Morgan fingerprint density at radius 3 is 2.60 bits per heavy atom.